The maximum atomic E-state index is 13.2. The zero-order chi connectivity index (χ0) is 28.7. The molecule has 3 rings (SSSR count). The Hall–Kier alpha value is -2.79. The molecule has 0 radical (unpaired) electrons. The summed E-state index contributed by atoms with van der Waals surface area (Å²) < 4.78 is 5.21. The Balaban J connectivity index is 1.54. The van der Waals surface area contributed by atoms with Gasteiger partial charge in [0.2, 0.25) is 0 Å². The number of nitrogens with zero attached hydrogens (tertiary/aromatic N) is 1. The molecule has 0 bridgehead atoms. The third kappa shape index (κ3) is 9.12. The monoisotopic (exact) mass is 567 g/mol. The van der Waals surface area contributed by atoms with Crippen LogP contribution in [0.1, 0.15) is 114 Å². The molecule has 0 spiro atoms. The number of methoxy groups -OCH3 is 1. The molecule has 1 saturated heterocycles. The summed E-state index contributed by atoms with van der Waals surface area (Å²) in [5.41, 5.74) is 1.33. The van der Waals surface area contributed by atoms with Crippen LogP contribution >= 0.6 is 11.6 Å². The van der Waals surface area contributed by atoms with Crippen LogP contribution < -0.4 is 4.74 Å². The highest BCUT2D eigenvalue weighted by atomic mass is 35.5. The number of amides is 1. The van der Waals surface area contributed by atoms with Crippen molar-refractivity contribution in [2.24, 2.45) is 0 Å². The lowest BCUT2D eigenvalue weighted by Gasteiger charge is -2.25. The third-order valence-corrected chi connectivity index (χ3v) is 8.09. The molecule has 2 aromatic carbocycles. The minimum atomic E-state index is -0.654. The van der Waals surface area contributed by atoms with Crippen molar-refractivity contribution in [1.29, 1.82) is 0 Å². The average Bonchev–Trinajstić information content (AvgIpc) is 3.22. The number of carbonyl (C=O) groups is 2. The summed E-state index contributed by atoms with van der Waals surface area (Å²) in [7, 11) is 1.57. The summed E-state index contributed by atoms with van der Waals surface area (Å²) >= 11 is 6.12. The summed E-state index contributed by atoms with van der Waals surface area (Å²) in [6.07, 6.45) is 17.6. The van der Waals surface area contributed by atoms with Gasteiger partial charge in [0.25, 0.3) is 11.7 Å². The van der Waals surface area contributed by atoms with Gasteiger partial charge in [0.1, 0.15) is 11.5 Å². The summed E-state index contributed by atoms with van der Waals surface area (Å²) in [6, 6.07) is 13.3. The van der Waals surface area contributed by atoms with Crippen LogP contribution in [0.15, 0.2) is 54.1 Å². The first-order chi connectivity index (χ1) is 19.5. The van der Waals surface area contributed by atoms with E-state index in [1.165, 1.54) is 70.6 Å². The first-order valence-corrected chi connectivity index (χ1v) is 15.5. The molecule has 1 aliphatic rings. The van der Waals surface area contributed by atoms with Crippen molar-refractivity contribution in [3.63, 3.8) is 0 Å². The van der Waals surface area contributed by atoms with Crippen LogP contribution in [0.4, 0.5) is 0 Å². The SMILES string of the molecule is CCCCCCCCCCCCCCCCN1C(=O)C(=O)/C(=C(/O)c2ccc(OC)cc2)[C@H]1c1ccc(Cl)cc1. The van der Waals surface area contributed by atoms with Crippen LogP contribution in [0.2, 0.25) is 5.02 Å². The van der Waals surface area contributed by atoms with Crippen molar-refractivity contribution >= 4 is 29.1 Å². The minimum absolute atomic E-state index is 0.114. The number of rotatable bonds is 18. The highest BCUT2D eigenvalue weighted by molar-refractivity contribution is 6.46. The summed E-state index contributed by atoms with van der Waals surface area (Å²) in [4.78, 5) is 28.0. The number of benzene rings is 2. The summed E-state index contributed by atoms with van der Waals surface area (Å²) in [5, 5.41) is 11.8. The number of aliphatic hydroxyl groups is 1. The van der Waals surface area contributed by atoms with Crippen LogP contribution in [0.25, 0.3) is 5.76 Å². The highest BCUT2D eigenvalue weighted by Crippen LogP contribution is 2.40. The van der Waals surface area contributed by atoms with Crippen LogP contribution in [0.5, 0.6) is 5.75 Å². The van der Waals surface area contributed by atoms with Gasteiger partial charge in [0, 0.05) is 17.1 Å². The molecule has 1 heterocycles. The molecule has 0 saturated carbocycles. The smallest absolute Gasteiger partial charge is 0.295 e. The fourth-order valence-corrected chi connectivity index (χ4v) is 5.61. The maximum absolute atomic E-state index is 13.2. The molecule has 1 amide bonds. The number of ketones is 1. The molecule has 1 atom stereocenters. The van der Waals surface area contributed by atoms with E-state index in [2.05, 4.69) is 6.92 Å². The van der Waals surface area contributed by atoms with E-state index in [-0.39, 0.29) is 11.3 Å². The molecule has 0 unspecified atom stereocenters. The van der Waals surface area contributed by atoms with E-state index in [1.54, 1.807) is 48.4 Å². The van der Waals surface area contributed by atoms with E-state index < -0.39 is 17.7 Å². The first kappa shape index (κ1) is 31.7. The number of hydrogen-bond donors (Lipinski definition) is 1. The van der Waals surface area contributed by atoms with Gasteiger partial charge in [-0.15, -0.1) is 0 Å². The van der Waals surface area contributed by atoms with Crippen molar-refractivity contribution in [3.8, 4) is 5.75 Å². The molecule has 0 aliphatic carbocycles. The number of carbonyl (C=O) groups excluding carboxylic acids is 2. The molecule has 218 valence electrons. The van der Waals surface area contributed by atoms with E-state index in [9.17, 15) is 14.7 Å². The highest BCUT2D eigenvalue weighted by Gasteiger charge is 2.45. The van der Waals surface area contributed by atoms with E-state index in [0.29, 0.717) is 22.9 Å². The lowest BCUT2D eigenvalue weighted by atomic mass is 9.95. The Morgan fingerprint density at radius 2 is 1.27 bits per heavy atom. The second-order valence-corrected chi connectivity index (χ2v) is 11.3. The molecular formula is C34H46ClNO4. The van der Waals surface area contributed by atoms with Gasteiger partial charge in [0.05, 0.1) is 18.7 Å². The van der Waals surface area contributed by atoms with Gasteiger partial charge in [-0.1, -0.05) is 114 Å². The van der Waals surface area contributed by atoms with Gasteiger partial charge in [-0.2, -0.15) is 0 Å². The van der Waals surface area contributed by atoms with E-state index >= 15 is 0 Å². The molecule has 40 heavy (non-hydrogen) atoms. The van der Waals surface area contributed by atoms with E-state index in [0.717, 1.165) is 24.8 Å². The number of unbranched alkanes of at least 4 members (excludes halogenated alkanes) is 13. The molecular weight excluding hydrogens is 522 g/mol. The molecule has 5 nitrogen and oxygen atoms in total. The van der Waals surface area contributed by atoms with Crippen molar-refractivity contribution in [1.82, 2.24) is 4.90 Å². The number of likely N-dealkylation sites (tertiary alicyclic amines) is 1. The quantitative estimate of drug-likeness (QED) is 0.0843. The third-order valence-electron chi connectivity index (χ3n) is 7.84. The van der Waals surface area contributed by atoms with Crippen LogP contribution in [-0.4, -0.2) is 35.4 Å². The van der Waals surface area contributed by atoms with Gasteiger partial charge >= 0.3 is 0 Å². The fraction of sp³-hybridized carbons (Fsp3) is 0.529. The Labute approximate surface area is 245 Å². The van der Waals surface area contributed by atoms with Crippen LogP contribution in [-0.2, 0) is 9.59 Å². The fourth-order valence-electron chi connectivity index (χ4n) is 5.48. The maximum Gasteiger partial charge on any atom is 0.295 e. The number of ether oxygens (including phenoxy) is 1. The summed E-state index contributed by atoms with van der Waals surface area (Å²) in [5.74, 6) is -0.753. The number of Topliss-reactive ketones (excluding diaryl/α,β-unsaturated/α-hetero) is 1. The van der Waals surface area contributed by atoms with Gasteiger partial charge in [0.15, 0.2) is 0 Å². The van der Waals surface area contributed by atoms with Gasteiger partial charge in [-0.25, -0.2) is 0 Å². The molecule has 1 N–H and O–H groups in total. The molecule has 6 heteroatoms. The number of halogens is 1. The predicted molar refractivity (Wildman–Crippen MR) is 164 cm³/mol. The van der Waals surface area contributed by atoms with Crippen molar-refractivity contribution in [3.05, 3.63) is 70.3 Å². The minimum Gasteiger partial charge on any atom is -0.507 e. The zero-order valence-electron chi connectivity index (χ0n) is 24.3. The Bertz CT molecular complexity index is 1090. The molecule has 2 aromatic rings. The lowest BCUT2D eigenvalue weighted by Crippen LogP contribution is -2.30. The first-order valence-electron chi connectivity index (χ1n) is 15.2. The molecule has 1 fully saturated rings. The normalized spacial score (nSPS) is 16.6. The van der Waals surface area contributed by atoms with Gasteiger partial charge in [-0.3, -0.25) is 9.59 Å². The second-order valence-electron chi connectivity index (χ2n) is 10.9. The van der Waals surface area contributed by atoms with Crippen LogP contribution in [0.3, 0.4) is 0 Å². The predicted octanol–water partition coefficient (Wildman–Crippen LogP) is 9.25. The topological polar surface area (TPSA) is 66.8 Å². The standard InChI is InChI=1S/C34H46ClNO4/c1-3-4-5-6-7-8-9-10-11-12-13-14-15-16-25-36-31(26-17-21-28(35)22-18-26)30(33(38)34(36)39)32(37)27-19-23-29(40-2)24-20-27/h17-24,31,37H,3-16,25H2,1-2H3/b32-30+/t31-/m1/s1. The number of aliphatic hydroxyl groups excluding tert-OH is 1. The zero-order valence-corrected chi connectivity index (χ0v) is 25.1. The Morgan fingerprint density at radius 3 is 1.77 bits per heavy atom. The molecule has 1 aliphatic heterocycles. The van der Waals surface area contributed by atoms with Crippen LogP contribution in [0, 0.1) is 0 Å². The Kier molecular flexibility index (Phi) is 13.6. The lowest BCUT2D eigenvalue weighted by molar-refractivity contribution is -0.139. The average molecular weight is 568 g/mol. The second kappa shape index (κ2) is 17.1. The van der Waals surface area contributed by atoms with Crippen molar-refractivity contribution in [2.75, 3.05) is 13.7 Å². The Morgan fingerprint density at radius 1 is 0.775 bits per heavy atom. The van der Waals surface area contributed by atoms with Crippen molar-refractivity contribution < 1.29 is 19.4 Å². The van der Waals surface area contributed by atoms with Crippen molar-refractivity contribution in [2.45, 2.75) is 103 Å². The number of hydrogen-bond acceptors (Lipinski definition) is 4. The van der Waals surface area contributed by atoms with Gasteiger partial charge in [-0.05, 0) is 48.4 Å². The summed E-state index contributed by atoms with van der Waals surface area (Å²) in [6.45, 7) is 2.73. The molecule has 0 aromatic heterocycles. The van der Waals surface area contributed by atoms with E-state index in [4.69, 9.17) is 16.3 Å². The van der Waals surface area contributed by atoms with E-state index in [1.807, 2.05) is 12.1 Å². The largest absolute Gasteiger partial charge is 0.507 e. The van der Waals surface area contributed by atoms with Gasteiger partial charge < -0.3 is 14.7 Å².